The van der Waals surface area contributed by atoms with Crippen molar-refractivity contribution in [1.82, 2.24) is 4.90 Å². The predicted octanol–water partition coefficient (Wildman–Crippen LogP) is 1.89. The highest BCUT2D eigenvalue weighted by Crippen LogP contribution is 2.19. The molecule has 0 aromatic carbocycles. The first-order valence-electron chi connectivity index (χ1n) is 4.58. The van der Waals surface area contributed by atoms with E-state index in [2.05, 4.69) is 0 Å². The van der Waals surface area contributed by atoms with Gasteiger partial charge in [-0.2, -0.15) is 0 Å². The number of carbonyl (C=O) groups is 1. The molecule has 0 amide bonds. The van der Waals surface area contributed by atoms with Crippen molar-refractivity contribution in [2.24, 2.45) is 0 Å². The van der Waals surface area contributed by atoms with Gasteiger partial charge in [-0.05, 0) is 18.6 Å². The third kappa shape index (κ3) is 2.51. The van der Waals surface area contributed by atoms with E-state index >= 15 is 0 Å². The van der Waals surface area contributed by atoms with Crippen LogP contribution in [0.1, 0.15) is 13.3 Å². The molecule has 0 saturated heterocycles. The first-order valence-corrected chi connectivity index (χ1v) is 5.02. The maximum absolute atomic E-state index is 11.5. The smallest absolute Gasteiger partial charge is 0.337 e. The summed E-state index contributed by atoms with van der Waals surface area (Å²) in [6, 6.07) is 0. The number of hydrogen-bond acceptors (Lipinski definition) is 3. The maximum atomic E-state index is 11.5. The zero-order valence-corrected chi connectivity index (χ0v) is 9.12. The Balaban J connectivity index is 2.62. The van der Waals surface area contributed by atoms with Crippen molar-refractivity contribution < 1.29 is 9.53 Å². The molecule has 0 bridgehead atoms. The number of esters is 1. The Labute approximate surface area is 89.0 Å². The highest BCUT2D eigenvalue weighted by atomic mass is 35.5. The number of nitrogens with zero attached hydrogens (tertiary/aromatic N) is 1. The summed E-state index contributed by atoms with van der Waals surface area (Å²) in [6.45, 7) is 2.39. The fourth-order valence-electron chi connectivity index (χ4n) is 1.10. The molecule has 0 N–H and O–H groups in total. The molecule has 1 aliphatic rings. The molecular weight excluding hydrogens is 202 g/mol. The van der Waals surface area contributed by atoms with E-state index in [0.717, 1.165) is 6.42 Å². The highest BCUT2D eigenvalue weighted by Gasteiger charge is 2.23. The molecule has 14 heavy (non-hydrogen) atoms. The molecule has 3 nitrogen and oxygen atoms in total. The number of likely N-dealkylation sites (N-methyl/N-ethyl adjacent to an activating group) is 1. The monoisotopic (exact) mass is 215 g/mol. The van der Waals surface area contributed by atoms with Crippen LogP contribution in [0.15, 0.2) is 23.9 Å². The van der Waals surface area contributed by atoms with Crippen LogP contribution in [-0.4, -0.2) is 30.0 Å². The van der Waals surface area contributed by atoms with E-state index in [-0.39, 0.29) is 5.97 Å². The molecule has 0 radical (unpaired) electrons. The van der Waals surface area contributed by atoms with Crippen molar-refractivity contribution in [3.8, 4) is 0 Å². The van der Waals surface area contributed by atoms with Crippen LogP contribution in [0.4, 0.5) is 0 Å². The Kier molecular flexibility index (Phi) is 4.01. The maximum Gasteiger partial charge on any atom is 0.337 e. The second kappa shape index (κ2) is 5.05. The van der Waals surface area contributed by atoms with Crippen molar-refractivity contribution in [2.45, 2.75) is 18.8 Å². The van der Waals surface area contributed by atoms with Gasteiger partial charge in [-0.3, -0.25) is 0 Å². The number of ether oxygens (including phenoxy) is 1. The van der Waals surface area contributed by atoms with E-state index < -0.39 is 5.50 Å². The zero-order valence-electron chi connectivity index (χ0n) is 8.37. The Hall–Kier alpha value is -0.960. The third-order valence-corrected chi connectivity index (χ3v) is 2.43. The van der Waals surface area contributed by atoms with Crippen LogP contribution >= 0.6 is 11.6 Å². The van der Waals surface area contributed by atoms with Crippen LogP contribution < -0.4 is 0 Å². The topological polar surface area (TPSA) is 29.5 Å². The standard InChI is InChI=1S/C10H14ClNO2/c1-3-7-14-10(13)8-5-4-6-12(2)9(8)11/h4-6,9H,3,7H2,1-2H3. The fourth-order valence-corrected chi connectivity index (χ4v) is 1.33. The lowest BCUT2D eigenvalue weighted by Crippen LogP contribution is -2.30. The van der Waals surface area contributed by atoms with Gasteiger partial charge in [0.05, 0.1) is 12.2 Å². The van der Waals surface area contributed by atoms with E-state index in [1.807, 2.05) is 20.2 Å². The molecule has 4 heteroatoms. The van der Waals surface area contributed by atoms with E-state index in [1.165, 1.54) is 0 Å². The SMILES string of the molecule is CCCOC(=O)C1=CC=CN(C)C1Cl. The summed E-state index contributed by atoms with van der Waals surface area (Å²) < 4.78 is 5.00. The van der Waals surface area contributed by atoms with Crippen LogP contribution in [0.25, 0.3) is 0 Å². The molecule has 1 heterocycles. The predicted molar refractivity (Wildman–Crippen MR) is 55.9 cm³/mol. The Bertz CT molecular complexity index is 273. The molecule has 1 rings (SSSR count). The van der Waals surface area contributed by atoms with Crippen LogP contribution in [-0.2, 0) is 9.53 Å². The summed E-state index contributed by atoms with van der Waals surface area (Å²) >= 11 is 6.01. The number of alkyl halides is 1. The molecule has 0 aromatic heterocycles. The molecule has 0 aliphatic carbocycles. The first-order chi connectivity index (χ1) is 6.66. The Morgan fingerprint density at radius 2 is 2.43 bits per heavy atom. The van der Waals surface area contributed by atoms with Gasteiger partial charge in [0.25, 0.3) is 0 Å². The normalized spacial score (nSPS) is 20.6. The van der Waals surface area contributed by atoms with Gasteiger partial charge >= 0.3 is 5.97 Å². The van der Waals surface area contributed by atoms with E-state index in [9.17, 15) is 4.79 Å². The fraction of sp³-hybridized carbons (Fsp3) is 0.500. The summed E-state index contributed by atoms with van der Waals surface area (Å²) in [7, 11) is 1.81. The van der Waals surface area contributed by atoms with Crippen molar-refractivity contribution in [2.75, 3.05) is 13.7 Å². The summed E-state index contributed by atoms with van der Waals surface area (Å²) in [5.74, 6) is -0.331. The van der Waals surface area contributed by atoms with Crippen molar-refractivity contribution >= 4 is 17.6 Å². The summed E-state index contributed by atoms with van der Waals surface area (Å²) in [5.41, 5.74) is 0.0643. The van der Waals surface area contributed by atoms with Crippen LogP contribution in [0.5, 0.6) is 0 Å². The third-order valence-electron chi connectivity index (χ3n) is 1.88. The number of rotatable bonds is 3. The van der Waals surface area contributed by atoms with Crippen molar-refractivity contribution in [3.05, 3.63) is 23.9 Å². The van der Waals surface area contributed by atoms with Gasteiger partial charge in [-0.1, -0.05) is 18.5 Å². The summed E-state index contributed by atoms with van der Waals surface area (Å²) in [4.78, 5) is 13.2. The van der Waals surface area contributed by atoms with Gasteiger partial charge in [0.15, 0.2) is 0 Å². The Morgan fingerprint density at radius 1 is 1.71 bits per heavy atom. The largest absolute Gasteiger partial charge is 0.462 e. The molecule has 1 unspecified atom stereocenters. The van der Waals surface area contributed by atoms with Gasteiger partial charge in [0, 0.05) is 13.2 Å². The summed E-state index contributed by atoms with van der Waals surface area (Å²) in [6.07, 6.45) is 6.10. The summed E-state index contributed by atoms with van der Waals surface area (Å²) in [5, 5.41) is 0. The second-order valence-electron chi connectivity index (χ2n) is 3.10. The van der Waals surface area contributed by atoms with Gasteiger partial charge in [0.1, 0.15) is 5.50 Å². The van der Waals surface area contributed by atoms with Gasteiger partial charge in [-0.15, -0.1) is 0 Å². The Morgan fingerprint density at radius 3 is 3.07 bits per heavy atom. The average molecular weight is 216 g/mol. The minimum atomic E-state index is -0.427. The molecule has 1 aliphatic heterocycles. The van der Waals surface area contributed by atoms with Gasteiger partial charge in [-0.25, -0.2) is 4.79 Å². The second-order valence-corrected chi connectivity index (χ2v) is 3.51. The average Bonchev–Trinajstić information content (AvgIpc) is 2.18. The van der Waals surface area contributed by atoms with Crippen molar-refractivity contribution in [3.63, 3.8) is 0 Å². The number of allylic oxidation sites excluding steroid dienone is 2. The van der Waals surface area contributed by atoms with Crippen LogP contribution in [0, 0.1) is 0 Å². The zero-order chi connectivity index (χ0) is 10.6. The van der Waals surface area contributed by atoms with E-state index in [1.54, 1.807) is 17.1 Å². The van der Waals surface area contributed by atoms with E-state index in [4.69, 9.17) is 16.3 Å². The lowest BCUT2D eigenvalue weighted by atomic mass is 10.2. The van der Waals surface area contributed by atoms with E-state index in [0.29, 0.717) is 12.2 Å². The minimum absolute atomic E-state index is 0.331. The highest BCUT2D eigenvalue weighted by molar-refractivity contribution is 6.25. The molecule has 0 saturated carbocycles. The van der Waals surface area contributed by atoms with Gasteiger partial charge in [0.2, 0.25) is 0 Å². The molecule has 0 fully saturated rings. The molecule has 78 valence electrons. The van der Waals surface area contributed by atoms with Crippen LogP contribution in [0.3, 0.4) is 0 Å². The molecule has 1 atom stereocenters. The molecule has 0 aromatic rings. The minimum Gasteiger partial charge on any atom is -0.462 e. The van der Waals surface area contributed by atoms with Crippen molar-refractivity contribution in [1.29, 1.82) is 0 Å². The van der Waals surface area contributed by atoms with Crippen LogP contribution in [0.2, 0.25) is 0 Å². The lowest BCUT2D eigenvalue weighted by Gasteiger charge is -2.24. The number of halogens is 1. The molecule has 0 spiro atoms. The lowest BCUT2D eigenvalue weighted by molar-refractivity contribution is -0.139. The number of hydrogen-bond donors (Lipinski definition) is 0. The van der Waals surface area contributed by atoms with Gasteiger partial charge < -0.3 is 9.64 Å². The molecular formula is C10H14ClNO2. The quantitative estimate of drug-likeness (QED) is 0.409. The first kappa shape index (κ1) is 11.1. The number of carbonyl (C=O) groups excluding carboxylic acids is 1.